The number of hydrogen-bond acceptors (Lipinski definition) is 3. The average Bonchev–Trinajstić information content (AvgIpc) is 2.41. The lowest BCUT2D eigenvalue weighted by atomic mass is 10.1. The van der Waals surface area contributed by atoms with E-state index in [9.17, 15) is 9.18 Å². The van der Waals surface area contributed by atoms with Crippen molar-refractivity contribution < 1.29 is 9.18 Å². The number of halogens is 2. The van der Waals surface area contributed by atoms with Crippen LogP contribution < -0.4 is 5.32 Å². The Morgan fingerprint density at radius 1 is 1.40 bits per heavy atom. The quantitative estimate of drug-likeness (QED) is 0.946. The fraction of sp³-hybridized carbons (Fsp3) is 0.214. The molecule has 0 spiro atoms. The highest BCUT2D eigenvalue weighted by molar-refractivity contribution is 6.29. The van der Waals surface area contributed by atoms with Gasteiger partial charge in [-0.2, -0.15) is 0 Å². The minimum atomic E-state index is -0.409. The van der Waals surface area contributed by atoms with Gasteiger partial charge in [-0.1, -0.05) is 23.7 Å². The van der Waals surface area contributed by atoms with Crippen LogP contribution in [0.5, 0.6) is 0 Å². The second-order valence-electron chi connectivity index (χ2n) is 4.43. The molecule has 1 heterocycles. The largest absolute Gasteiger partial charge is 0.344 e. The molecule has 0 bridgehead atoms. The molecule has 104 valence electrons. The second-order valence-corrected chi connectivity index (χ2v) is 4.82. The highest BCUT2D eigenvalue weighted by atomic mass is 35.5. The topological polar surface area (TPSA) is 54.9 Å². The van der Waals surface area contributed by atoms with Crippen molar-refractivity contribution in [3.05, 3.63) is 58.4 Å². The van der Waals surface area contributed by atoms with Gasteiger partial charge in [-0.15, -0.1) is 0 Å². The predicted molar refractivity (Wildman–Crippen MR) is 74.1 cm³/mol. The normalized spacial score (nSPS) is 12.0. The third kappa shape index (κ3) is 3.30. The summed E-state index contributed by atoms with van der Waals surface area (Å²) in [5.74, 6) is -0.709. The highest BCUT2D eigenvalue weighted by Gasteiger charge is 2.14. The smallest absolute Gasteiger partial charge is 0.272 e. The van der Waals surface area contributed by atoms with Gasteiger partial charge >= 0.3 is 0 Å². The maximum atomic E-state index is 13.5. The van der Waals surface area contributed by atoms with E-state index in [1.165, 1.54) is 18.5 Å². The first kappa shape index (κ1) is 14.4. The molecule has 0 aliphatic heterocycles. The van der Waals surface area contributed by atoms with E-state index in [1.807, 2.05) is 0 Å². The SMILES string of the molecule is Cc1ccc(C(C)NC(=O)c2cncc(Cl)n2)cc1F. The highest BCUT2D eigenvalue weighted by Crippen LogP contribution is 2.16. The summed E-state index contributed by atoms with van der Waals surface area (Å²) >= 11 is 5.68. The standard InChI is InChI=1S/C14H13ClFN3O/c1-8-3-4-10(5-11(8)16)9(2)18-14(20)12-6-17-7-13(15)19-12/h3-7,9H,1-2H3,(H,18,20). The van der Waals surface area contributed by atoms with Crippen LogP contribution in [-0.2, 0) is 0 Å². The van der Waals surface area contributed by atoms with Crippen molar-refractivity contribution in [1.29, 1.82) is 0 Å². The Morgan fingerprint density at radius 2 is 2.15 bits per heavy atom. The van der Waals surface area contributed by atoms with Gasteiger partial charge in [0.15, 0.2) is 0 Å². The maximum absolute atomic E-state index is 13.5. The van der Waals surface area contributed by atoms with Crippen molar-refractivity contribution in [2.45, 2.75) is 19.9 Å². The number of nitrogens with zero attached hydrogens (tertiary/aromatic N) is 2. The molecular formula is C14H13ClFN3O. The fourth-order valence-corrected chi connectivity index (χ4v) is 1.83. The number of amides is 1. The number of hydrogen-bond donors (Lipinski definition) is 1. The summed E-state index contributed by atoms with van der Waals surface area (Å²) in [5, 5.41) is 2.86. The molecule has 1 aromatic carbocycles. The first-order chi connectivity index (χ1) is 9.47. The first-order valence-electron chi connectivity index (χ1n) is 6.02. The fourth-order valence-electron chi connectivity index (χ4n) is 1.68. The lowest BCUT2D eigenvalue weighted by Gasteiger charge is -2.14. The van der Waals surface area contributed by atoms with Crippen molar-refractivity contribution in [1.82, 2.24) is 15.3 Å². The van der Waals surface area contributed by atoms with E-state index in [2.05, 4.69) is 15.3 Å². The molecule has 6 heteroatoms. The van der Waals surface area contributed by atoms with Gasteiger partial charge in [-0.25, -0.2) is 9.37 Å². The molecule has 2 rings (SSSR count). The van der Waals surface area contributed by atoms with E-state index in [4.69, 9.17) is 11.6 Å². The molecule has 1 unspecified atom stereocenters. The van der Waals surface area contributed by atoms with Gasteiger partial charge in [0.25, 0.3) is 5.91 Å². The zero-order chi connectivity index (χ0) is 14.7. The molecule has 0 radical (unpaired) electrons. The molecule has 20 heavy (non-hydrogen) atoms. The van der Waals surface area contributed by atoms with Crippen LogP contribution in [0.25, 0.3) is 0 Å². The number of aryl methyl sites for hydroxylation is 1. The Hall–Kier alpha value is -2.01. The molecule has 0 aliphatic rings. The van der Waals surface area contributed by atoms with Gasteiger partial charge in [-0.3, -0.25) is 9.78 Å². The Bertz CT molecular complexity index is 648. The number of carbonyl (C=O) groups excluding carboxylic acids is 1. The van der Waals surface area contributed by atoms with E-state index >= 15 is 0 Å². The average molecular weight is 294 g/mol. The lowest BCUT2D eigenvalue weighted by molar-refractivity contribution is 0.0934. The molecule has 0 saturated carbocycles. The minimum Gasteiger partial charge on any atom is -0.344 e. The predicted octanol–water partition coefficient (Wildman–Crippen LogP) is 3.07. The van der Waals surface area contributed by atoms with Crippen LogP contribution in [0.1, 0.15) is 34.6 Å². The molecule has 1 aromatic heterocycles. The van der Waals surface area contributed by atoms with Gasteiger partial charge in [0, 0.05) is 0 Å². The van der Waals surface area contributed by atoms with Gasteiger partial charge in [0.2, 0.25) is 0 Å². The summed E-state index contributed by atoms with van der Waals surface area (Å²) in [6.07, 6.45) is 2.67. The van der Waals surface area contributed by atoms with E-state index in [0.717, 1.165) is 0 Å². The Kier molecular flexibility index (Phi) is 4.29. The molecule has 2 aromatic rings. The molecule has 1 amide bonds. The van der Waals surface area contributed by atoms with E-state index < -0.39 is 5.91 Å². The lowest BCUT2D eigenvalue weighted by Crippen LogP contribution is -2.27. The number of benzene rings is 1. The molecule has 1 atom stereocenters. The number of carbonyl (C=O) groups is 1. The van der Waals surface area contributed by atoms with Crippen molar-refractivity contribution in [2.75, 3.05) is 0 Å². The first-order valence-corrected chi connectivity index (χ1v) is 6.39. The van der Waals surface area contributed by atoms with Gasteiger partial charge in [-0.05, 0) is 31.0 Å². The molecule has 0 aliphatic carbocycles. The number of nitrogens with one attached hydrogen (secondary N) is 1. The minimum absolute atomic E-state index is 0.122. The second kappa shape index (κ2) is 5.96. The van der Waals surface area contributed by atoms with Crippen LogP contribution in [0.3, 0.4) is 0 Å². The Balaban J connectivity index is 2.13. The summed E-state index contributed by atoms with van der Waals surface area (Å²) in [6.45, 7) is 3.45. The van der Waals surface area contributed by atoms with Crippen molar-refractivity contribution in [2.24, 2.45) is 0 Å². The monoisotopic (exact) mass is 293 g/mol. The van der Waals surface area contributed by atoms with Crippen LogP contribution in [0, 0.1) is 12.7 Å². The molecule has 1 N–H and O–H groups in total. The summed E-state index contributed by atoms with van der Waals surface area (Å²) in [6, 6.07) is 4.50. The summed E-state index contributed by atoms with van der Waals surface area (Å²) in [7, 11) is 0. The zero-order valence-electron chi connectivity index (χ0n) is 11.0. The van der Waals surface area contributed by atoms with Gasteiger partial charge in [0.05, 0.1) is 18.4 Å². The van der Waals surface area contributed by atoms with Crippen molar-refractivity contribution in [3.63, 3.8) is 0 Å². The Morgan fingerprint density at radius 3 is 2.80 bits per heavy atom. The van der Waals surface area contributed by atoms with Gasteiger partial charge in [0.1, 0.15) is 16.7 Å². The maximum Gasteiger partial charge on any atom is 0.272 e. The van der Waals surface area contributed by atoms with E-state index in [-0.39, 0.29) is 22.7 Å². The van der Waals surface area contributed by atoms with Crippen LogP contribution >= 0.6 is 11.6 Å². The molecule has 0 saturated heterocycles. The Labute approximate surface area is 121 Å². The van der Waals surface area contributed by atoms with E-state index in [0.29, 0.717) is 11.1 Å². The zero-order valence-corrected chi connectivity index (χ0v) is 11.8. The van der Waals surface area contributed by atoms with Crippen LogP contribution in [0.2, 0.25) is 5.15 Å². The third-order valence-corrected chi connectivity index (χ3v) is 3.06. The van der Waals surface area contributed by atoms with Gasteiger partial charge < -0.3 is 5.32 Å². The summed E-state index contributed by atoms with van der Waals surface area (Å²) < 4.78 is 13.5. The van der Waals surface area contributed by atoms with Crippen LogP contribution in [0.4, 0.5) is 4.39 Å². The number of rotatable bonds is 3. The van der Waals surface area contributed by atoms with Crippen molar-refractivity contribution in [3.8, 4) is 0 Å². The van der Waals surface area contributed by atoms with Crippen LogP contribution in [-0.4, -0.2) is 15.9 Å². The summed E-state index contributed by atoms with van der Waals surface area (Å²) in [4.78, 5) is 19.6. The number of aromatic nitrogens is 2. The van der Waals surface area contributed by atoms with Crippen LogP contribution in [0.15, 0.2) is 30.6 Å². The molecule has 4 nitrogen and oxygen atoms in total. The third-order valence-electron chi connectivity index (χ3n) is 2.88. The molecule has 0 fully saturated rings. The molecular weight excluding hydrogens is 281 g/mol. The van der Waals surface area contributed by atoms with Crippen molar-refractivity contribution >= 4 is 17.5 Å². The summed E-state index contributed by atoms with van der Waals surface area (Å²) in [5.41, 5.74) is 1.36. The van der Waals surface area contributed by atoms with E-state index in [1.54, 1.807) is 26.0 Å².